The van der Waals surface area contributed by atoms with Crippen molar-refractivity contribution in [2.24, 2.45) is 0 Å². The van der Waals surface area contributed by atoms with E-state index in [-0.39, 0.29) is 23.9 Å². The number of carbonyl (C=O) groups is 2. The zero-order chi connectivity index (χ0) is 23.3. The van der Waals surface area contributed by atoms with Crippen LogP contribution in [0, 0.1) is 6.92 Å². The lowest BCUT2D eigenvalue weighted by atomic mass is 10.2. The summed E-state index contributed by atoms with van der Waals surface area (Å²) in [4.78, 5) is 45.7. The topological polar surface area (TPSA) is 93.5 Å². The summed E-state index contributed by atoms with van der Waals surface area (Å²) in [6.45, 7) is 6.91. The van der Waals surface area contributed by atoms with Crippen molar-refractivity contribution in [1.82, 2.24) is 14.5 Å². The van der Waals surface area contributed by atoms with Crippen molar-refractivity contribution in [3.8, 4) is 5.75 Å². The van der Waals surface area contributed by atoms with Crippen LogP contribution in [0.1, 0.15) is 41.9 Å². The molecule has 0 spiro atoms. The average molecular weight is 457 g/mol. The number of hydrogen-bond acceptors (Lipinski definition) is 6. The number of rotatable bonds is 9. The molecule has 0 aliphatic heterocycles. The van der Waals surface area contributed by atoms with Crippen molar-refractivity contribution in [2.75, 3.05) is 25.5 Å². The van der Waals surface area contributed by atoms with Gasteiger partial charge in [-0.05, 0) is 50.1 Å². The molecule has 0 saturated carbocycles. The second kappa shape index (κ2) is 10.4. The van der Waals surface area contributed by atoms with Crippen molar-refractivity contribution in [3.63, 3.8) is 0 Å². The normalized spacial score (nSPS) is 10.9. The van der Waals surface area contributed by atoms with E-state index in [1.807, 2.05) is 6.92 Å². The van der Waals surface area contributed by atoms with E-state index in [2.05, 4.69) is 17.2 Å². The molecule has 9 heteroatoms. The average Bonchev–Trinajstić information content (AvgIpc) is 3.13. The summed E-state index contributed by atoms with van der Waals surface area (Å²) < 4.78 is 6.37. The van der Waals surface area contributed by atoms with Crippen LogP contribution in [0.5, 0.6) is 5.75 Å². The summed E-state index contributed by atoms with van der Waals surface area (Å²) in [6.07, 6.45) is 3.29. The molecule has 0 fully saturated rings. The minimum Gasteiger partial charge on any atom is -0.497 e. The van der Waals surface area contributed by atoms with Crippen LogP contribution in [-0.4, -0.2) is 46.5 Å². The predicted octanol–water partition coefficient (Wildman–Crippen LogP) is 3.68. The van der Waals surface area contributed by atoms with E-state index in [0.29, 0.717) is 45.2 Å². The molecule has 0 radical (unpaired) electrons. The Hall–Kier alpha value is -3.20. The van der Waals surface area contributed by atoms with Crippen LogP contribution < -0.4 is 15.6 Å². The van der Waals surface area contributed by atoms with Gasteiger partial charge in [0.05, 0.1) is 23.7 Å². The van der Waals surface area contributed by atoms with Gasteiger partial charge in [0.1, 0.15) is 17.1 Å². The summed E-state index contributed by atoms with van der Waals surface area (Å²) >= 11 is 1.23. The fourth-order valence-corrected chi connectivity index (χ4v) is 4.51. The van der Waals surface area contributed by atoms with E-state index in [0.717, 1.165) is 12.8 Å². The van der Waals surface area contributed by atoms with Gasteiger partial charge in [-0.3, -0.25) is 19.0 Å². The van der Waals surface area contributed by atoms with Crippen molar-refractivity contribution < 1.29 is 14.3 Å². The first-order valence-electron chi connectivity index (χ1n) is 10.6. The highest BCUT2D eigenvalue weighted by molar-refractivity contribution is 7.20. The Morgan fingerprint density at radius 1 is 1.22 bits per heavy atom. The molecule has 2 aromatic heterocycles. The van der Waals surface area contributed by atoms with E-state index in [1.165, 1.54) is 22.2 Å². The predicted molar refractivity (Wildman–Crippen MR) is 127 cm³/mol. The Balaban J connectivity index is 1.83. The van der Waals surface area contributed by atoms with Crippen LogP contribution in [0.2, 0.25) is 0 Å². The molecule has 0 unspecified atom stereocenters. The summed E-state index contributed by atoms with van der Waals surface area (Å²) in [7, 11) is 1.57. The fraction of sp³-hybridized carbons (Fsp3) is 0.391. The summed E-state index contributed by atoms with van der Waals surface area (Å²) in [5, 5.41) is 3.15. The van der Waals surface area contributed by atoms with Crippen LogP contribution in [0.15, 0.2) is 35.4 Å². The van der Waals surface area contributed by atoms with E-state index < -0.39 is 0 Å². The lowest BCUT2D eigenvalue weighted by Gasteiger charge is -2.20. The SMILES string of the molecule is CCCCN(CC)C(=O)c1sc2ncn(CC(=O)Nc3ccc(OC)cc3)c(=O)c2c1C. The van der Waals surface area contributed by atoms with Crippen molar-refractivity contribution >= 4 is 39.1 Å². The van der Waals surface area contributed by atoms with E-state index in [4.69, 9.17) is 4.74 Å². The fourth-order valence-electron chi connectivity index (χ4n) is 3.40. The highest BCUT2D eigenvalue weighted by Crippen LogP contribution is 2.28. The number of nitrogens with zero attached hydrogens (tertiary/aromatic N) is 3. The number of fused-ring (bicyclic) bond motifs is 1. The molecule has 8 nitrogen and oxygen atoms in total. The Labute approximate surface area is 190 Å². The molecule has 170 valence electrons. The van der Waals surface area contributed by atoms with Gasteiger partial charge >= 0.3 is 0 Å². The molecule has 0 aliphatic carbocycles. The van der Waals surface area contributed by atoms with Crippen LogP contribution >= 0.6 is 11.3 Å². The van der Waals surface area contributed by atoms with Gasteiger partial charge in [0.15, 0.2) is 0 Å². The molecule has 1 aromatic carbocycles. The molecule has 1 N–H and O–H groups in total. The third-order valence-corrected chi connectivity index (χ3v) is 6.44. The first-order valence-corrected chi connectivity index (χ1v) is 11.4. The number of hydrogen-bond donors (Lipinski definition) is 1. The van der Waals surface area contributed by atoms with Crippen molar-refractivity contribution in [3.05, 3.63) is 51.4 Å². The number of aromatic nitrogens is 2. The Morgan fingerprint density at radius 2 is 1.94 bits per heavy atom. The van der Waals surface area contributed by atoms with E-state index >= 15 is 0 Å². The van der Waals surface area contributed by atoms with Gasteiger partial charge in [-0.15, -0.1) is 11.3 Å². The van der Waals surface area contributed by atoms with E-state index in [9.17, 15) is 14.4 Å². The molecule has 0 atom stereocenters. The van der Waals surface area contributed by atoms with Crippen LogP contribution in [0.4, 0.5) is 5.69 Å². The maximum atomic E-state index is 13.1. The highest BCUT2D eigenvalue weighted by Gasteiger charge is 2.23. The second-order valence-corrected chi connectivity index (χ2v) is 8.43. The smallest absolute Gasteiger partial charge is 0.264 e. The number of thiophene rings is 1. The largest absolute Gasteiger partial charge is 0.497 e. The number of amides is 2. The molecule has 32 heavy (non-hydrogen) atoms. The molecular formula is C23H28N4O4S. The summed E-state index contributed by atoms with van der Waals surface area (Å²) in [5.74, 6) is 0.257. The molecule has 0 aliphatic rings. The number of unbranched alkanes of at least 4 members (excludes halogenated alkanes) is 1. The maximum absolute atomic E-state index is 13.1. The third kappa shape index (κ3) is 4.99. The minimum atomic E-state index is -0.348. The zero-order valence-corrected chi connectivity index (χ0v) is 19.6. The molecule has 0 saturated heterocycles. The first-order chi connectivity index (χ1) is 15.4. The summed E-state index contributed by atoms with van der Waals surface area (Å²) in [5.41, 5.74) is 0.890. The highest BCUT2D eigenvalue weighted by atomic mass is 32.1. The zero-order valence-electron chi connectivity index (χ0n) is 18.8. The third-order valence-electron chi connectivity index (χ3n) is 5.25. The van der Waals surface area contributed by atoms with Gasteiger partial charge in [-0.1, -0.05) is 13.3 Å². The number of benzene rings is 1. The Kier molecular flexibility index (Phi) is 7.63. The van der Waals surface area contributed by atoms with Crippen LogP contribution in [-0.2, 0) is 11.3 Å². The molecule has 3 aromatic rings. The number of ether oxygens (including phenoxy) is 1. The molecule has 2 heterocycles. The minimum absolute atomic E-state index is 0.0790. The standard InChI is InChI=1S/C23H28N4O4S/c1-5-7-12-26(6-2)23(30)20-15(3)19-21(32-20)24-14-27(22(19)29)13-18(28)25-16-8-10-17(31-4)11-9-16/h8-11,14H,5-7,12-13H2,1-4H3,(H,25,28). The molecule has 3 rings (SSSR count). The van der Waals surface area contributed by atoms with Gasteiger partial charge in [0.2, 0.25) is 5.91 Å². The Morgan fingerprint density at radius 3 is 2.56 bits per heavy atom. The summed E-state index contributed by atoms with van der Waals surface area (Å²) in [6, 6.07) is 6.92. The number of anilines is 1. The van der Waals surface area contributed by atoms with Crippen molar-refractivity contribution in [2.45, 2.75) is 40.2 Å². The lowest BCUT2D eigenvalue weighted by molar-refractivity contribution is -0.116. The number of methoxy groups -OCH3 is 1. The van der Waals surface area contributed by atoms with Gasteiger partial charge < -0.3 is 15.0 Å². The van der Waals surface area contributed by atoms with Crippen molar-refractivity contribution in [1.29, 1.82) is 0 Å². The molecule has 0 bridgehead atoms. The Bertz CT molecular complexity index is 1170. The number of aryl methyl sites for hydroxylation is 1. The van der Waals surface area contributed by atoms with E-state index in [1.54, 1.807) is 43.2 Å². The first kappa shape index (κ1) is 23.5. The quantitative estimate of drug-likeness (QED) is 0.530. The maximum Gasteiger partial charge on any atom is 0.264 e. The lowest BCUT2D eigenvalue weighted by Crippen LogP contribution is -2.31. The van der Waals surface area contributed by atoms with Crippen LogP contribution in [0.25, 0.3) is 10.2 Å². The monoisotopic (exact) mass is 456 g/mol. The van der Waals surface area contributed by atoms with Crippen LogP contribution in [0.3, 0.4) is 0 Å². The number of nitrogens with one attached hydrogen (secondary N) is 1. The van der Waals surface area contributed by atoms with Gasteiger partial charge in [0.25, 0.3) is 11.5 Å². The van der Waals surface area contributed by atoms with Gasteiger partial charge in [-0.2, -0.15) is 0 Å². The number of carbonyl (C=O) groups excluding carboxylic acids is 2. The van der Waals surface area contributed by atoms with Gasteiger partial charge in [-0.25, -0.2) is 4.98 Å². The molecular weight excluding hydrogens is 428 g/mol. The van der Waals surface area contributed by atoms with Gasteiger partial charge in [0, 0.05) is 18.8 Å². The molecule has 2 amide bonds. The second-order valence-electron chi connectivity index (χ2n) is 7.43.